The molecule has 2 N–H and O–H groups in total. The molecule has 120 valence electrons. The SMILES string of the molecule is OC1(C(F)F)c2ccccc2-c2ccc(N3CCNCC3)cc21. The zero-order valence-corrected chi connectivity index (χ0v) is 12.6. The first-order chi connectivity index (χ1) is 11.1. The van der Waals surface area contributed by atoms with Gasteiger partial charge in [-0.1, -0.05) is 30.3 Å². The van der Waals surface area contributed by atoms with Crippen LogP contribution in [0.4, 0.5) is 14.5 Å². The lowest BCUT2D eigenvalue weighted by Gasteiger charge is -2.31. The maximum atomic E-state index is 13.8. The summed E-state index contributed by atoms with van der Waals surface area (Å²) in [6, 6.07) is 12.4. The molecule has 0 aromatic heterocycles. The Balaban J connectivity index is 1.86. The normalized spacial score (nSPS) is 23.0. The summed E-state index contributed by atoms with van der Waals surface area (Å²) in [5.74, 6) is 0. The van der Waals surface area contributed by atoms with Gasteiger partial charge < -0.3 is 15.3 Å². The summed E-state index contributed by atoms with van der Waals surface area (Å²) < 4.78 is 27.6. The Kier molecular flexibility index (Phi) is 3.36. The summed E-state index contributed by atoms with van der Waals surface area (Å²) in [5.41, 5.74) is 0.652. The lowest BCUT2D eigenvalue weighted by molar-refractivity contribution is -0.0688. The van der Waals surface area contributed by atoms with Crippen LogP contribution in [0.15, 0.2) is 42.5 Å². The fraction of sp³-hybridized carbons (Fsp3) is 0.333. The lowest BCUT2D eigenvalue weighted by Crippen LogP contribution is -2.43. The number of hydrogen-bond donors (Lipinski definition) is 2. The van der Waals surface area contributed by atoms with Crippen molar-refractivity contribution >= 4 is 5.69 Å². The number of aliphatic hydroxyl groups is 1. The summed E-state index contributed by atoms with van der Waals surface area (Å²) in [6.45, 7) is 3.41. The molecule has 1 saturated heterocycles. The molecule has 2 aromatic carbocycles. The van der Waals surface area contributed by atoms with Crippen molar-refractivity contribution in [1.82, 2.24) is 5.32 Å². The number of halogens is 2. The van der Waals surface area contributed by atoms with Gasteiger partial charge in [-0.2, -0.15) is 0 Å². The Morgan fingerprint density at radius 2 is 1.70 bits per heavy atom. The number of nitrogens with one attached hydrogen (secondary N) is 1. The summed E-state index contributed by atoms with van der Waals surface area (Å²) in [5, 5.41) is 14.1. The first-order valence-corrected chi connectivity index (χ1v) is 7.83. The molecule has 0 spiro atoms. The smallest absolute Gasteiger partial charge is 0.275 e. The zero-order valence-electron chi connectivity index (χ0n) is 12.6. The van der Waals surface area contributed by atoms with E-state index in [0.29, 0.717) is 22.3 Å². The van der Waals surface area contributed by atoms with E-state index in [1.165, 1.54) is 0 Å². The van der Waals surface area contributed by atoms with E-state index in [4.69, 9.17) is 0 Å². The maximum Gasteiger partial charge on any atom is 0.275 e. The second kappa shape index (κ2) is 5.28. The molecular weight excluding hydrogens is 298 g/mol. The molecule has 1 aliphatic heterocycles. The topological polar surface area (TPSA) is 35.5 Å². The minimum Gasteiger partial charge on any atom is -0.375 e. The van der Waals surface area contributed by atoms with E-state index in [0.717, 1.165) is 31.9 Å². The summed E-state index contributed by atoms with van der Waals surface area (Å²) in [6.07, 6.45) is -2.87. The van der Waals surface area contributed by atoms with Gasteiger partial charge in [0, 0.05) is 43.0 Å². The molecule has 2 aliphatic rings. The predicted octanol–water partition coefficient (Wildman–Crippen LogP) is 2.58. The molecule has 4 rings (SSSR count). The van der Waals surface area contributed by atoms with Gasteiger partial charge in [0.15, 0.2) is 5.60 Å². The molecule has 1 unspecified atom stereocenters. The first kappa shape index (κ1) is 14.6. The molecule has 0 amide bonds. The molecule has 1 heterocycles. The van der Waals surface area contributed by atoms with Crippen LogP contribution in [0.25, 0.3) is 11.1 Å². The van der Waals surface area contributed by atoms with E-state index in [1.807, 2.05) is 18.2 Å². The molecule has 5 heteroatoms. The third-order valence-electron chi connectivity index (χ3n) is 4.84. The number of benzene rings is 2. The molecule has 1 atom stereocenters. The minimum absolute atomic E-state index is 0.294. The quantitative estimate of drug-likeness (QED) is 0.894. The van der Waals surface area contributed by atoms with Gasteiger partial charge >= 0.3 is 0 Å². The number of piperazine rings is 1. The molecular formula is C18H18F2N2O. The number of fused-ring (bicyclic) bond motifs is 3. The van der Waals surface area contributed by atoms with Crippen molar-refractivity contribution in [3.63, 3.8) is 0 Å². The molecule has 0 bridgehead atoms. The van der Waals surface area contributed by atoms with Crippen LogP contribution in [-0.2, 0) is 5.60 Å². The number of alkyl halides is 2. The number of anilines is 1. The van der Waals surface area contributed by atoms with Gasteiger partial charge in [0.25, 0.3) is 6.43 Å². The van der Waals surface area contributed by atoms with Crippen molar-refractivity contribution in [3.8, 4) is 11.1 Å². The lowest BCUT2D eigenvalue weighted by atomic mass is 9.91. The Bertz CT molecular complexity index is 744. The summed E-state index contributed by atoms with van der Waals surface area (Å²) in [4.78, 5) is 2.16. The highest BCUT2D eigenvalue weighted by Gasteiger charge is 2.49. The second-order valence-corrected chi connectivity index (χ2v) is 6.08. The monoisotopic (exact) mass is 316 g/mol. The third kappa shape index (κ3) is 2.07. The van der Waals surface area contributed by atoms with Gasteiger partial charge in [0.1, 0.15) is 0 Å². The minimum atomic E-state index is -2.87. The maximum absolute atomic E-state index is 13.8. The van der Waals surface area contributed by atoms with Crippen molar-refractivity contribution in [3.05, 3.63) is 53.6 Å². The van der Waals surface area contributed by atoms with E-state index >= 15 is 0 Å². The van der Waals surface area contributed by atoms with E-state index < -0.39 is 12.0 Å². The summed E-state index contributed by atoms with van der Waals surface area (Å²) in [7, 11) is 0. The van der Waals surface area contributed by atoms with Gasteiger partial charge in [0.05, 0.1) is 0 Å². The number of hydrogen-bond acceptors (Lipinski definition) is 3. The van der Waals surface area contributed by atoms with Crippen LogP contribution in [-0.4, -0.2) is 37.7 Å². The van der Waals surface area contributed by atoms with Crippen molar-refractivity contribution in [1.29, 1.82) is 0 Å². The second-order valence-electron chi connectivity index (χ2n) is 6.08. The van der Waals surface area contributed by atoms with E-state index in [2.05, 4.69) is 10.2 Å². The van der Waals surface area contributed by atoms with Gasteiger partial charge in [-0.25, -0.2) is 8.78 Å². The average Bonchev–Trinajstić information content (AvgIpc) is 2.86. The first-order valence-electron chi connectivity index (χ1n) is 7.83. The molecule has 2 aromatic rings. The largest absolute Gasteiger partial charge is 0.375 e. The molecule has 3 nitrogen and oxygen atoms in total. The fourth-order valence-electron chi connectivity index (χ4n) is 3.63. The predicted molar refractivity (Wildman–Crippen MR) is 86.0 cm³/mol. The summed E-state index contributed by atoms with van der Waals surface area (Å²) >= 11 is 0. The standard InChI is InChI=1S/C18H18F2N2O/c19-17(20)18(23)15-4-2-1-3-13(15)14-6-5-12(11-16(14)18)22-9-7-21-8-10-22/h1-6,11,17,21,23H,7-10H2. The van der Waals surface area contributed by atoms with Crippen LogP contribution in [0.5, 0.6) is 0 Å². The highest BCUT2D eigenvalue weighted by molar-refractivity contribution is 5.82. The highest BCUT2D eigenvalue weighted by Crippen LogP contribution is 2.51. The Labute approximate surface area is 133 Å². The van der Waals surface area contributed by atoms with Crippen molar-refractivity contribution in [2.75, 3.05) is 31.1 Å². The van der Waals surface area contributed by atoms with Gasteiger partial charge in [0.2, 0.25) is 0 Å². The average molecular weight is 316 g/mol. The zero-order chi connectivity index (χ0) is 16.0. The van der Waals surface area contributed by atoms with Gasteiger partial charge in [-0.15, -0.1) is 0 Å². The fourth-order valence-corrected chi connectivity index (χ4v) is 3.63. The van der Waals surface area contributed by atoms with Crippen LogP contribution in [0.3, 0.4) is 0 Å². The van der Waals surface area contributed by atoms with E-state index in [1.54, 1.807) is 24.3 Å². The Morgan fingerprint density at radius 3 is 2.43 bits per heavy atom. The van der Waals surface area contributed by atoms with Crippen LogP contribution in [0.1, 0.15) is 11.1 Å². The van der Waals surface area contributed by atoms with E-state index in [-0.39, 0.29) is 0 Å². The highest BCUT2D eigenvalue weighted by atomic mass is 19.3. The van der Waals surface area contributed by atoms with Crippen LogP contribution < -0.4 is 10.2 Å². The third-order valence-corrected chi connectivity index (χ3v) is 4.84. The van der Waals surface area contributed by atoms with Gasteiger partial charge in [-0.05, 0) is 23.3 Å². The van der Waals surface area contributed by atoms with Crippen molar-refractivity contribution < 1.29 is 13.9 Å². The van der Waals surface area contributed by atoms with Crippen LogP contribution in [0.2, 0.25) is 0 Å². The van der Waals surface area contributed by atoms with E-state index in [9.17, 15) is 13.9 Å². The van der Waals surface area contributed by atoms with Crippen LogP contribution >= 0.6 is 0 Å². The molecule has 0 radical (unpaired) electrons. The van der Waals surface area contributed by atoms with Crippen LogP contribution in [0, 0.1) is 0 Å². The van der Waals surface area contributed by atoms with Gasteiger partial charge in [-0.3, -0.25) is 0 Å². The molecule has 1 aliphatic carbocycles. The molecule has 23 heavy (non-hydrogen) atoms. The number of nitrogens with zero attached hydrogens (tertiary/aromatic N) is 1. The number of rotatable bonds is 2. The van der Waals surface area contributed by atoms with Crippen molar-refractivity contribution in [2.24, 2.45) is 0 Å². The molecule has 0 saturated carbocycles. The molecule has 1 fully saturated rings. The Morgan fingerprint density at radius 1 is 1.00 bits per heavy atom. The Hall–Kier alpha value is -1.98. The van der Waals surface area contributed by atoms with Crippen molar-refractivity contribution in [2.45, 2.75) is 12.0 Å².